The number of nitrogens with one attached hydrogen (secondary N) is 1. The van der Waals surface area contributed by atoms with E-state index in [0.717, 1.165) is 17.4 Å². The predicted octanol–water partition coefficient (Wildman–Crippen LogP) is 5.72. The average molecular weight is 346 g/mol. The second kappa shape index (κ2) is 7.24. The molecule has 1 atom stereocenters. The van der Waals surface area contributed by atoms with Crippen molar-refractivity contribution < 1.29 is 0 Å². The maximum atomic E-state index is 3.72. The lowest BCUT2D eigenvalue weighted by Crippen LogP contribution is -2.25. The van der Waals surface area contributed by atoms with Crippen molar-refractivity contribution in [2.75, 3.05) is 0 Å². The zero-order valence-corrected chi connectivity index (χ0v) is 14.7. The molecule has 0 spiro atoms. The molecule has 2 aromatic rings. The fourth-order valence-corrected chi connectivity index (χ4v) is 2.94. The lowest BCUT2D eigenvalue weighted by Gasteiger charge is -2.27. The van der Waals surface area contributed by atoms with Crippen molar-refractivity contribution in [2.45, 2.75) is 39.8 Å². The summed E-state index contributed by atoms with van der Waals surface area (Å²) in [7, 11) is 0. The van der Waals surface area contributed by atoms with E-state index < -0.39 is 0 Å². The van der Waals surface area contributed by atoms with Gasteiger partial charge in [0.1, 0.15) is 0 Å². The molecule has 0 aliphatic heterocycles. The molecule has 2 aromatic carbocycles. The van der Waals surface area contributed by atoms with E-state index in [9.17, 15) is 0 Å². The molecule has 0 amide bonds. The highest BCUT2D eigenvalue weighted by molar-refractivity contribution is 9.10. The van der Waals surface area contributed by atoms with E-state index in [1.54, 1.807) is 0 Å². The van der Waals surface area contributed by atoms with Crippen LogP contribution in [0.3, 0.4) is 0 Å². The van der Waals surface area contributed by atoms with Crippen molar-refractivity contribution in [2.24, 2.45) is 5.41 Å². The molecule has 0 aliphatic carbocycles. The number of halogens is 1. The molecule has 0 saturated carbocycles. The number of rotatable bonds is 5. The summed E-state index contributed by atoms with van der Waals surface area (Å²) in [5.74, 6) is 0. The van der Waals surface area contributed by atoms with Gasteiger partial charge in [0.05, 0.1) is 0 Å². The van der Waals surface area contributed by atoms with Crippen molar-refractivity contribution in [3.63, 3.8) is 0 Å². The topological polar surface area (TPSA) is 12.0 Å². The summed E-state index contributed by atoms with van der Waals surface area (Å²) >= 11 is 3.54. The zero-order valence-electron chi connectivity index (χ0n) is 13.1. The Morgan fingerprint density at radius 2 is 1.71 bits per heavy atom. The Morgan fingerprint density at radius 3 is 2.33 bits per heavy atom. The summed E-state index contributed by atoms with van der Waals surface area (Å²) in [4.78, 5) is 0. The standard InChI is InChI=1S/C19H24BrN/c1-19(2,3)13-18(16-9-5-4-6-10-16)21-14-15-8-7-11-17(20)12-15/h4-12,18,21H,13-14H2,1-3H3. The molecule has 0 saturated heterocycles. The van der Waals surface area contributed by atoms with Crippen molar-refractivity contribution >= 4 is 15.9 Å². The van der Waals surface area contributed by atoms with Crippen molar-refractivity contribution in [3.05, 3.63) is 70.2 Å². The molecule has 0 bridgehead atoms. The van der Waals surface area contributed by atoms with Crippen LogP contribution in [0.2, 0.25) is 0 Å². The van der Waals surface area contributed by atoms with Crippen LogP contribution in [0.15, 0.2) is 59.1 Å². The zero-order chi connectivity index (χ0) is 15.3. The largest absolute Gasteiger partial charge is 0.306 e. The average Bonchev–Trinajstić information content (AvgIpc) is 2.43. The van der Waals surface area contributed by atoms with Gasteiger partial charge in [-0.3, -0.25) is 0 Å². The fourth-order valence-electron chi connectivity index (χ4n) is 2.49. The van der Waals surface area contributed by atoms with Gasteiger partial charge in [-0.2, -0.15) is 0 Å². The van der Waals surface area contributed by atoms with Gasteiger partial charge in [0.25, 0.3) is 0 Å². The van der Waals surface area contributed by atoms with Gasteiger partial charge in [0.2, 0.25) is 0 Å². The van der Waals surface area contributed by atoms with E-state index in [1.165, 1.54) is 11.1 Å². The molecule has 1 unspecified atom stereocenters. The van der Waals surface area contributed by atoms with Crippen LogP contribution in [-0.4, -0.2) is 0 Å². The molecule has 1 nitrogen and oxygen atoms in total. The molecule has 112 valence electrons. The van der Waals surface area contributed by atoms with Gasteiger partial charge in [-0.05, 0) is 35.1 Å². The summed E-state index contributed by atoms with van der Waals surface area (Å²) in [5, 5.41) is 3.72. The quantitative estimate of drug-likeness (QED) is 0.730. The molecular formula is C19H24BrN. The minimum Gasteiger partial charge on any atom is -0.306 e. The highest BCUT2D eigenvalue weighted by Gasteiger charge is 2.19. The summed E-state index contributed by atoms with van der Waals surface area (Å²) in [6.45, 7) is 7.77. The Balaban J connectivity index is 2.09. The van der Waals surface area contributed by atoms with Gasteiger partial charge in [-0.25, -0.2) is 0 Å². The third-order valence-corrected chi connectivity index (χ3v) is 3.95. The number of hydrogen-bond donors (Lipinski definition) is 1. The second-order valence-corrected chi connectivity index (χ2v) is 7.65. The van der Waals surface area contributed by atoms with Crippen LogP contribution in [0.5, 0.6) is 0 Å². The maximum Gasteiger partial charge on any atom is 0.0328 e. The van der Waals surface area contributed by atoms with E-state index >= 15 is 0 Å². The monoisotopic (exact) mass is 345 g/mol. The predicted molar refractivity (Wildman–Crippen MR) is 94.2 cm³/mol. The first-order valence-corrected chi connectivity index (χ1v) is 8.26. The minimum atomic E-state index is 0.296. The Labute approximate surface area is 136 Å². The molecular weight excluding hydrogens is 322 g/mol. The van der Waals surface area contributed by atoms with E-state index in [4.69, 9.17) is 0 Å². The molecule has 0 radical (unpaired) electrons. The fraction of sp³-hybridized carbons (Fsp3) is 0.368. The first-order chi connectivity index (χ1) is 9.94. The minimum absolute atomic E-state index is 0.296. The summed E-state index contributed by atoms with van der Waals surface area (Å²) in [6.07, 6.45) is 1.12. The van der Waals surface area contributed by atoms with Crippen LogP contribution in [-0.2, 0) is 6.54 Å². The lowest BCUT2D eigenvalue weighted by molar-refractivity contribution is 0.310. The molecule has 0 heterocycles. The number of hydrogen-bond acceptors (Lipinski definition) is 1. The maximum absolute atomic E-state index is 3.72. The van der Waals surface area contributed by atoms with Crippen LogP contribution >= 0.6 is 15.9 Å². The summed E-state index contributed by atoms with van der Waals surface area (Å²) < 4.78 is 1.13. The number of benzene rings is 2. The molecule has 0 fully saturated rings. The van der Waals surface area contributed by atoms with Gasteiger partial charge < -0.3 is 5.32 Å². The third kappa shape index (κ3) is 5.64. The molecule has 0 aliphatic rings. The first-order valence-electron chi connectivity index (χ1n) is 7.47. The molecule has 2 heteroatoms. The van der Waals surface area contributed by atoms with Crippen molar-refractivity contribution in [1.29, 1.82) is 0 Å². The first kappa shape index (κ1) is 16.3. The summed E-state index contributed by atoms with van der Waals surface area (Å²) in [5.41, 5.74) is 2.96. The van der Waals surface area contributed by atoms with Gasteiger partial charge in [0.15, 0.2) is 0 Å². The smallest absolute Gasteiger partial charge is 0.0328 e. The van der Waals surface area contributed by atoms with Crippen LogP contribution in [0.4, 0.5) is 0 Å². The molecule has 2 rings (SSSR count). The van der Waals surface area contributed by atoms with E-state index in [1.807, 2.05) is 0 Å². The van der Waals surface area contributed by atoms with Crippen molar-refractivity contribution in [3.8, 4) is 0 Å². The highest BCUT2D eigenvalue weighted by Crippen LogP contribution is 2.29. The third-order valence-electron chi connectivity index (χ3n) is 3.46. The Morgan fingerprint density at radius 1 is 1.00 bits per heavy atom. The SMILES string of the molecule is CC(C)(C)CC(NCc1cccc(Br)c1)c1ccccc1. The van der Waals surface area contributed by atoms with Gasteiger partial charge in [0, 0.05) is 17.1 Å². The molecule has 21 heavy (non-hydrogen) atoms. The van der Waals surface area contributed by atoms with Crippen LogP contribution < -0.4 is 5.32 Å². The van der Waals surface area contributed by atoms with Crippen LogP contribution in [0.25, 0.3) is 0 Å². The van der Waals surface area contributed by atoms with Crippen LogP contribution in [0.1, 0.15) is 44.4 Å². The van der Waals surface area contributed by atoms with E-state index in [2.05, 4.69) is 96.6 Å². The second-order valence-electron chi connectivity index (χ2n) is 6.74. The summed E-state index contributed by atoms with van der Waals surface area (Å²) in [6, 6.07) is 19.6. The van der Waals surface area contributed by atoms with E-state index in [-0.39, 0.29) is 0 Å². The van der Waals surface area contributed by atoms with E-state index in [0.29, 0.717) is 11.5 Å². The van der Waals surface area contributed by atoms with Gasteiger partial charge >= 0.3 is 0 Å². The van der Waals surface area contributed by atoms with Crippen molar-refractivity contribution in [1.82, 2.24) is 5.32 Å². The normalized spacial score (nSPS) is 13.1. The Kier molecular flexibility index (Phi) is 5.60. The highest BCUT2D eigenvalue weighted by atomic mass is 79.9. The molecule has 0 aromatic heterocycles. The van der Waals surface area contributed by atoms with Crippen LogP contribution in [0, 0.1) is 5.41 Å². The Bertz CT molecular complexity index is 557. The van der Waals surface area contributed by atoms with Gasteiger partial charge in [-0.1, -0.05) is 79.2 Å². The molecule has 1 N–H and O–H groups in total. The lowest BCUT2D eigenvalue weighted by atomic mass is 9.85. The Hall–Kier alpha value is -1.12. The van der Waals surface area contributed by atoms with Gasteiger partial charge in [-0.15, -0.1) is 0 Å².